The van der Waals surface area contributed by atoms with E-state index >= 15 is 0 Å². The molecule has 0 bridgehead atoms. The topological polar surface area (TPSA) is 43.4 Å². The van der Waals surface area contributed by atoms with Gasteiger partial charge in [-0.2, -0.15) is 8.42 Å². The molecule has 0 aliphatic carbocycles. The molecule has 8 heteroatoms. The summed E-state index contributed by atoms with van der Waals surface area (Å²) in [7, 11) is -6.67. The molecule has 3 nitrogen and oxygen atoms in total. The highest BCUT2D eigenvalue weighted by Gasteiger charge is 2.38. The average Bonchev–Trinajstić information content (AvgIpc) is 2.37. The first-order chi connectivity index (χ1) is 7.99. The van der Waals surface area contributed by atoms with Crippen molar-refractivity contribution in [2.45, 2.75) is 4.90 Å². The Balaban J connectivity index is 3.01. The van der Waals surface area contributed by atoms with Crippen molar-refractivity contribution >= 4 is 53.2 Å². The van der Waals surface area contributed by atoms with Crippen LogP contribution in [0.15, 0.2) is 35.2 Å². The van der Waals surface area contributed by atoms with Gasteiger partial charge in [0, 0.05) is 16.5 Å². The molecule has 0 saturated heterocycles. The Kier molecular flexibility index (Phi) is 5.75. The lowest BCUT2D eigenvalue weighted by Crippen LogP contribution is -2.48. The van der Waals surface area contributed by atoms with Gasteiger partial charge >= 0.3 is 0 Å². The number of hydrogen-bond acceptors (Lipinski definition) is 3. The van der Waals surface area contributed by atoms with Crippen LogP contribution in [0.1, 0.15) is 0 Å². The van der Waals surface area contributed by atoms with Gasteiger partial charge in [-0.15, -0.1) is 34.8 Å². The molecule has 1 rings (SSSR count). The largest absolute Gasteiger partial charge is 0.307 e. The van der Waals surface area contributed by atoms with Crippen molar-refractivity contribution in [2.24, 2.45) is 0 Å². The fourth-order valence-corrected chi connectivity index (χ4v) is 8.30. The maximum Gasteiger partial charge on any atom is 0.287 e. The van der Waals surface area contributed by atoms with E-state index in [0.29, 0.717) is 0 Å². The summed E-state index contributed by atoms with van der Waals surface area (Å²) in [4.78, 5) is 0.0808. The average molecular weight is 334 g/mol. The molecule has 0 aromatic heterocycles. The highest BCUT2D eigenvalue weighted by atomic mass is 35.5. The summed E-state index contributed by atoms with van der Waals surface area (Å²) in [5, 5.41) is 0. The second-order valence-electron chi connectivity index (χ2n) is 3.43. The summed E-state index contributed by atoms with van der Waals surface area (Å²) in [6.45, 7) is 0. The summed E-state index contributed by atoms with van der Waals surface area (Å²) in [6, 6.07) is 7.84. The van der Waals surface area contributed by atoms with E-state index in [1.807, 2.05) is 0 Å². The van der Waals surface area contributed by atoms with Crippen LogP contribution < -0.4 is 0 Å². The maximum absolute atomic E-state index is 12.0. The van der Waals surface area contributed by atoms with Crippen LogP contribution in [0, 0.1) is 0 Å². The molecule has 1 aromatic rings. The molecule has 0 heterocycles. The van der Waals surface area contributed by atoms with Crippen LogP contribution in [0.5, 0.6) is 0 Å². The molecule has 0 amide bonds. The molecular weight excluding hydrogens is 323 g/mol. The molecule has 0 aliphatic heterocycles. The Morgan fingerprint density at radius 1 is 1.00 bits per heavy atom. The third-order valence-corrected chi connectivity index (χ3v) is 11.0. The zero-order valence-corrected chi connectivity index (χ0v) is 12.9. The van der Waals surface area contributed by atoms with E-state index < -0.39 is 18.4 Å². The van der Waals surface area contributed by atoms with Gasteiger partial charge < -0.3 is 3.87 Å². The summed E-state index contributed by atoms with van der Waals surface area (Å²) in [5.74, 6) is 0. The van der Waals surface area contributed by atoms with Gasteiger partial charge in [0.2, 0.25) is 0 Å². The van der Waals surface area contributed by atoms with Crippen molar-refractivity contribution in [1.82, 2.24) is 0 Å². The monoisotopic (exact) mass is 332 g/mol. The summed E-state index contributed by atoms with van der Waals surface area (Å²) in [5.41, 5.74) is 0.101. The van der Waals surface area contributed by atoms with Crippen LogP contribution in [0.2, 0.25) is 0 Å². The van der Waals surface area contributed by atoms with Crippen molar-refractivity contribution in [3.05, 3.63) is 30.3 Å². The summed E-state index contributed by atoms with van der Waals surface area (Å²) < 4.78 is 29.1. The van der Waals surface area contributed by atoms with E-state index in [0.717, 1.165) is 0 Å². The lowest BCUT2D eigenvalue weighted by Gasteiger charge is -2.23. The van der Waals surface area contributed by atoms with Crippen LogP contribution in [0.3, 0.4) is 0 Å². The summed E-state index contributed by atoms with van der Waals surface area (Å²) in [6.07, 6.45) is 0. The predicted octanol–water partition coefficient (Wildman–Crippen LogP) is 2.67. The molecule has 0 N–H and O–H groups in total. The molecule has 0 atom stereocenters. The molecule has 96 valence electrons. The Labute approximate surface area is 117 Å². The quantitative estimate of drug-likeness (QED) is 0.594. The number of alkyl halides is 3. The lowest BCUT2D eigenvalue weighted by atomic mass is 10.4. The number of benzene rings is 1. The molecule has 0 spiro atoms. The highest BCUT2D eigenvalue weighted by molar-refractivity contribution is 7.87. The van der Waals surface area contributed by atoms with Crippen molar-refractivity contribution in [2.75, 3.05) is 16.5 Å². The number of hydrogen-bond donors (Lipinski definition) is 0. The Morgan fingerprint density at radius 2 is 1.47 bits per heavy atom. The minimum atomic E-state index is -3.85. The van der Waals surface area contributed by atoms with Gasteiger partial charge in [-0.25, -0.2) is 0 Å². The second kappa shape index (κ2) is 6.40. The minimum absolute atomic E-state index is 0.0338. The second-order valence-corrected chi connectivity index (χ2v) is 11.1. The van der Waals surface area contributed by atoms with Crippen molar-refractivity contribution in [1.29, 1.82) is 0 Å². The van der Waals surface area contributed by atoms with E-state index in [9.17, 15) is 8.42 Å². The van der Waals surface area contributed by atoms with Crippen molar-refractivity contribution in [3.63, 3.8) is 0 Å². The van der Waals surface area contributed by atoms with Gasteiger partial charge in [0.05, 0.1) is 4.90 Å². The smallest absolute Gasteiger partial charge is 0.287 e. The fraction of sp³-hybridized carbons (Fsp3) is 0.333. The molecule has 0 radical (unpaired) electrons. The standard InChI is InChI=1S/C9H11Cl3O3SSi/c10-6-17(7-11,8-12)15-16(13,14)9-4-2-1-3-5-9/h1-5H,6-8H2. The molecule has 0 fully saturated rings. The van der Waals surface area contributed by atoms with Crippen LogP contribution in [0.25, 0.3) is 0 Å². The van der Waals surface area contributed by atoms with Gasteiger partial charge in [-0.05, 0) is 12.1 Å². The van der Waals surface area contributed by atoms with Gasteiger partial charge in [-0.3, -0.25) is 0 Å². The van der Waals surface area contributed by atoms with E-state index in [-0.39, 0.29) is 21.4 Å². The van der Waals surface area contributed by atoms with Crippen molar-refractivity contribution in [3.8, 4) is 0 Å². The highest BCUT2D eigenvalue weighted by Crippen LogP contribution is 2.20. The van der Waals surface area contributed by atoms with Gasteiger partial charge in [0.1, 0.15) is 0 Å². The van der Waals surface area contributed by atoms with E-state index in [1.165, 1.54) is 12.1 Å². The maximum atomic E-state index is 12.0. The molecule has 0 unspecified atom stereocenters. The van der Waals surface area contributed by atoms with Crippen LogP contribution in [-0.2, 0) is 14.0 Å². The molecule has 0 saturated carbocycles. The van der Waals surface area contributed by atoms with Gasteiger partial charge in [0.25, 0.3) is 18.4 Å². The predicted molar refractivity (Wildman–Crippen MR) is 72.6 cm³/mol. The molecule has 0 aliphatic rings. The lowest BCUT2D eigenvalue weighted by molar-refractivity contribution is 0.483. The van der Waals surface area contributed by atoms with E-state index in [2.05, 4.69) is 0 Å². The zero-order chi connectivity index (χ0) is 12.9. The third-order valence-electron chi connectivity index (χ3n) is 2.05. The van der Waals surface area contributed by atoms with Crippen LogP contribution in [-0.4, -0.2) is 33.2 Å². The van der Waals surface area contributed by atoms with E-state index in [1.54, 1.807) is 18.2 Å². The zero-order valence-electron chi connectivity index (χ0n) is 8.77. The number of rotatable bonds is 6. The Hall–Kier alpha value is 0.217. The molecular formula is C9H11Cl3O3SSi. The third kappa shape index (κ3) is 3.84. The number of halogens is 3. The van der Waals surface area contributed by atoms with Gasteiger partial charge in [0.15, 0.2) is 0 Å². The SMILES string of the molecule is O=S(=O)(O[Si](CCl)(CCl)CCl)c1ccccc1. The van der Waals surface area contributed by atoms with E-state index in [4.69, 9.17) is 38.7 Å². The first kappa shape index (κ1) is 15.3. The van der Waals surface area contributed by atoms with Gasteiger partial charge in [-0.1, -0.05) is 18.2 Å². The fourth-order valence-electron chi connectivity index (χ4n) is 1.04. The van der Waals surface area contributed by atoms with Crippen LogP contribution in [0.4, 0.5) is 0 Å². The minimum Gasteiger partial charge on any atom is -0.307 e. The first-order valence-electron chi connectivity index (χ1n) is 4.68. The first-order valence-corrected chi connectivity index (χ1v) is 10.2. The molecule has 17 heavy (non-hydrogen) atoms. The van der Waals surface area contributed by atoms with Crippen LogP contribution >= 0.6 is 34.8 Å². The Bertz CT molecular complexity index is 440. The van der Waals surface area contributed by atoms with Crippen molar-refractivity contribution < 1.29 is 12.3 Å². The molecule has 1 aromatic carbocycles. The normalized spacial score (nSPS) is 12.6. The Morgan fingerprint density at radius 3 is 1.88 bits per heavy atom. The summed E-state index contributed by atoms with van der Waals surface area (Å²) >= 11 is 17.2.